The van der Waals surface area contributed by atoms with Gasteiger partial charge in [-0.25, -0.2) is 18.0 Å². The van der Waals surface area contributed by atoms with E-state index in [1.165, 1.54) is 43.5 Å². The summed E-state index contributed by atoms with van der Waals surface area (Å²) in [6, 6.07) is 19.9. The number of carbonyl (C=O) groups is 3. The summed E-state index contributed by atoms with van der Waals surface area (Å²) in [7, 11) is -1.40. The molecule has 1 saturated heterocycles. The first-order valence-electron chi connectivity index (χ1n) is 13.7. The van der Waals surface area contributed by atoms with Crippen LogP contribution in [0.5, 0.6) is 5.75 Å². The van der Waals surface area contributed by atoms with E-state index in [9.17, 15) is 22.8 Å². The zero-order valence-electron chi connectivity index (χ0n) is 24.1. The van der Waals surface area contributed by atoms with E-state index in [1.54, 1.807) is 54.6 Å². The lowest BCUT2D eigenvalue weighted by Crippen LogP contribution is -2.61. The van der Waals surface area contributed by atoms with Crippen molar-refractivity contribution in [3.05, 3.63) is 96.2 Å². The second kappa shape index (κ2) is 13.1. The van der Waals surface area contributed by atoms with Crippen molar-refractivity contribution in [1.82, 2.24) is 19.5 Å². The lowest BCUT2D eigenvalue weighted by Gasteiger charge is -2.39. The monoisotopic (exact) mass is 617 g/mol. The standard InChI is InChI=1S/C31H31N5O7S/c1-42-25-9-3-6-21(18-25)19-33-29(37)26-20-35(31(39)34-24-13-11-23(12-14-24)30(38)43-2)16-17-36(26)44(40,41)27-10-4-7-22-8-5-15-32-28(22)27/h3-15,18,26H,16-17,19-20H2,1-2H3,(H,33,37)(H,34,39). The van der Waals surface area contributed by atoms with Gasteiger partial charge < -0.3 is 25.0 Å². The van der Waals surface area contributed by atoms with Gasteiger partial charge in [0.2, 0.25) is 15.9 Å². The van der Waals surface area contributed by atoms with Crippen molar-refractivity contribution in [1.29, 1.82) is 0 Å². The number of pyridine rings is 1. The topological polar surface area (TPSA) is 147 Å². The predicted octanol–water partition coefficient (Wildman–Crippen LogP) is 3.25. The molecule has 3 aromatic carbocycles. The number of urea groups is 1. The number of hydrogen-bond donors (Lipinski definition) is 2. The Hall–Kier alpha value is -5.01. The number of carbonyl (C=O) groups excluding carboxylic acids is 3. The fourth-order valence-corrected chi connectivity index (χ4v) is 6.70. The first kappa shape index (κ1) is 30.4. The number of benzene rings is 3. The summed E-state index contributed by atoms with van der Waals surface area (Å²) in [5, 5.41) is 6.21. The van der Waals surface area contributed by atoms with Gasteiger partial charge in [0, 0.05) is 43.4 Å². The Morgan fingerprint density at radius 1 is 0.955 bits per heavy atom. The maximum absolute atomic E-state index is 14.1. The third-order valence-corrected chi connectivity index (χ3v) is 9.20. The number of sulfonamides is 1. The Morgan fingerprint density at radius 2 is 1.70 bits per heavy atom. The number of ether oxygens (including phenoxy) is 2. The number of anilines is 1. The third-order valence-electron chi connectivity index (χ3n) is 7.26. The molecular formula is C31H31N5O7S. The third kappa shape index (κ3) is 6.48. The van der Waals surface area contributed by atoms with Crippen molar-refractivity contribution in [2.75, 3.05) is 39.2 Å². The van der Waals surface area contributed by atoms with Crippen LogP contribution < -0.4 is 15.4 Å². The molecule has 0 radical (unpaired) electrons. The Balaban J connectivity index is 1.40. The number of nitrogens with zero attached hydrogens (tertiary/aromatic N) is 3. The maximum atomic E-state index is 14.1. The summed E-state index contributed by atoms with van der Waals surface area (Å²) in [6.45, 7) is -0.177. The Labute approximate surface area is 254 Å². The molecular weight excluding hydrogens is 586 g/mol. The molecule has 228 valence electrons. The van der Waals surface area contributed by atoms with Gasteiger partial charge in [-0.05, 0) is 54.1 Å². The highest BCUT2D eigenvalue weighted by molar-refractivity contribution is 7.89. The highest BCUT2D eigenvalue weighted by Crippen LogP contribution is 2.27. The summed E-state index contributed by atoms with van der Waals surface area (Å²) in [6.07, 6.45) is 1.51. The molecule has 2 heterocycles. The molecule has 0 saturated carbocycles. The van der Waals surface area contributed by atoms with Crippen molar-refractivity contribution < 1.29 is 32.3 Å². The minimum atomic E-state index is -4.21. The number of rotatable bonds is 8. The van der Waals surface area contributed by atoms with E-state index < -0.39 is 34.0 Å². The highest BCUT2D eigenvalue weighted by atomic mass is 32.2. The molecule has 1 atom stereocenters. The second-order valence-corrected chi connectivity index (χ2v) is 11.8. The largest absolute Gasteiger partial charge is 0.497 e. The molecule has 1 aromatic heterocycles. The average Bonchev–Trinajstić information content (AvgIpc) is 3.06. The van der Waals surface area contributed by atoms with Crippen LogP contribution in [0.3, 0.4) is 0 Å². The van der Waals surface area contributed by atoms with Crippen molar-refractivity contribution in [2.45, 2.75) is 17.5 Å². The molecule has 44 heavy (non-hydrogen) atoms. The van der Waals surface area contributed by atoms with Crippen LogP contribution in [0.15, 0.2) is 90.0 Å². The number of aromatic nitrogens is 1. The Kier molecular flexibility index (Phi) is 9.07. The maximum Gasteiger partial charge on any atom is 0.337 e. The predicted molar refractivity (Wildman–Crippen MR) is 163 cm³/mol. The molecule has 0 aliphatic carbocycles. The summed E-state index contributed by atoms with van der Waals surface area (Å²) in [4.78, 5) is 44.3. The van der Waals surface area contributed by atoms with Crippen LogP contribution in [0, 0.1) is 0 Å². The van der Waals surface area contributed by atoms with Gasteiger partial charge in [-0.3, -0.25) is 9.78 Å². The van der Waals surface area contributed by atoms with Gasteiger partial charge in [-0.15, -0.1) is 0 Å². The molecule has 0 spiro atoms. The quantitative estimate of drug-likeness (QED) is 0.287. The zero-order valence-corrected chi connectivity index (χ0v) is 24.9. The fourth-order valence-electron chi connectivity index (χ4n) is 4.96. The van der Waals surface area contributed by atoms with E-state index in [-0.39, 0.29) is 31.1 Å². The van der Waals surface area contributed by atoms with E-state index in [0.717, 1.165) is 9.87 Å². The van der Waals surface area contributed by atoms with Crippen LogP contribution >= 0.6 is 0 Å². The van der Waals surface area contributed by atoms with Crippen molar-refractivity contribution >= 4 is 44.5 Å². The second-order valence-electron chi connectivity index (χ2n) is 9.98. The number of nitrogens with one attached hydrogen (secondary N) is 2. The zero-order chi connectivity index (χ0) is 31.3. The molecule has 1 aliphatic rings. The van der Waals surface area contributed by atoms with Crippen LogP contribution in [0.1, 0.15) is 15.9 Å². The summed E-state index contributed by atoms with van der Waals surface area (Å²) >= 11 is 0. The molecule has 4 aromatic rings. The summed E-state index contributed by atoms with van der Waals surface area (Å²) < 4.78 is 39.3. The Bertz CT molecular complexity index is 1790. The van der Waals surface area contributed by atoms with E-state index in [0.29, 0.717) is 27.9 Å². The molecule has 2 N–H and O–H groups in total. The minimum absolute atomic E-state index is 0.0233. The molecule has 12 nitrogen and oxygen atoms in total. The normalized spacial score (nSPS) is 15.4. The van der Waals surface area contributed by atoms with Crippen molar-refractivity contribution in [2.24, 2.45) is 0 Å². The first-order chi connectivity index (χ1) is 21.2. The summed E-state index contributed by atoms with van der Waals surface area (Å²) in [5.74, 6) is -0.460. The van der Waals surface area contributed by atoms with E-state index >= 15 is 0 Å². The van der Waals surface area contributed by atoms with Gasteiger partial charge in [-0.2, -0.15) is 4.31 Å². The highest BCUT2D eigenvalue weighted by Gasteiger charge is 2.42. The minimum Gasteiger partial charge on any atom is -0.497 e. The van der Waals surface area contributed by atoms with Crippen molar-refractivity contribution in [3.63, 3.8) is 0 Å². The average molecular weight is 618 g/mol. The molecule has 13 heteroatoms. The van der Waals surface area contributed by atoms with Gasteiger partial charge in [-0.1, -0.05) is 30.3 Å². The van der Waals surface area contributed by atoms with Crippen LogP contribution in [0.25, 0.3) is 10.9 Å². The molecule has 1 fully saturated rings. The van der Waals surface area contributed by atoms with Crippen LogP contribution in [-0.2, 0) is 26.1 Å². The lowest BCUT2D eigenvalue weighted by molar-refractivity contribution is -0.126. The van der Waals surface area contributed by atoms with Gasteiger partial charge in [0.1, 0.15) is 16.7 Å². The fraction of sp³-hybridized carbons (Fsp3) is 0.226. The van der Waals surface area contributed by atoms with Crippen molar-refractivity contribution in [3.8, 4) is 5.75 Å². The summed E-state index contributed by atoms with van der Waals surface area (Å²) in [5.41, 5.74) is 1.78. The van der Waals surface area contributed by atoms with Crippen LogP contribution in [0.2, 0.25) is 0 Å². The number of fused-ring (bicyclic) bond motifs is 1. The van der Waals surface area contributed by atoms with E-state index in [4.69, 9.17) is 9.47 Å². The molecule has 0 bridgehead atoms. The number of esters is 1. The lowest BCUT2D eigenvalue weighted by atomic mass is 10.1. The van der Waals surface area contributed by atoms with Gasteiger partial charge in [0.15, 0.2) is 0 Å². The number of para-hydroxylation sites is 1. The number of piperazine rings is 1. The van der Waals surface area contributed by atoms with Crippen LogP contribution in [0.4, 0.5) is 10.5 Å². The molecule has 1 unspecified atom stereocenters. The number of methoxy groups -OCH3 is 2. The number of hydrogen-bond acceptors (Lipinski definition) is 8. The van der Waals surface area contributed by atoms with Crippen LogP contribution in [-0.4, -0.2) is 80.4 Å². The molecule has 1 aliphatic heterocycles. The van der Waals surface area contributed by atoms with Gasteiger partial charge >= 0.3 is 12.0 Å². The van der Waals surface area contributed by atoms with E-state index in [1.807, 2.05) is 6.07 Å². The smallest absolute Gasteiger partial charge is 0.337 e. The van der Waals surface area contributed by atoms with E-state index in [2.05, 4.69) is 15.6 Å². The molecule has 5 rings (SSSR count). The SMILES string of the molecule is COC(=O)c1ccc(NC(=O)N2CCN(S(=O)(=O)c3cccc4cccnc34)C(C(=O)NCc3cccc(OC)c3)C2)cc1. The number of amides is 3. The van der Waals surface area contributed by atoms with Gasteiger partial charge in [0.05, 0.1) is 25.3 Å². The molecule has 3 amide bonds. The first-order valence-corrected chi connectivity index (χ1v) is 15.2. The van der Waals surface area contributed by atoms with Gasteiger partial charge in [0.25, 0.3) is 0 Å². The Morgan fingerprint density at radius 3 is 2.45 bits per heavy atom.